The molecule has 0 bridgehead atoms. The van der Waals surface area contributed by atoms with Gasteiger partial charge in [0, 0.05) is 25.5 Å². The van der Waals surface area contributed by atoms with E-state index in [4.69, 9.17) is 5.84 Å². The summed E-state index contributed by atoms with van der Waals surface area (Å²) in [4.78, 5) is 29.1. The van der Waals surface area contributed by atoms with Crippen LogP contribution in [0.2, 0.25) is 0 Å². The van der Waals surface area contributed by atoms with Crippen molar-refractivity contribution in [1.82, 2.24) is 20.2 Å². The van der Waals surface area contributed by atoms with Crippen LogP contribution in [0.4, 0.5) is 5.69 Å². The van der Waals surface area contributed by atoms with Gasteiger partial charge >= 0.3 is 0 Å². The number of nitrogens with two attached hydrogens (primary N) is 1. The van der Waals surface area contributed by atoms with E-state index in [1.54, 1.807) is 16.5 Å². The number of hydrogen-bond donors (Lipinski definition) is 2. The molecule has 2 heterocycles. The zero-order chi connectivity index (χ0) is 14.7. The minimum Gasteiger partial charge on any atom is -0.376 e. The Morgan fingerprint density at radius 3 is 2.90 bits per heavy atom. The third-order valence-corrected chi connectivity index (χ3v) is 3.45. The average Bonchev–Trinajstić information content (AvgIpc) is 2.88. The second kappa shape index (κ2) is 5.80. The molecule has 3 N–H and O–H groups in total. The van der Waals surface area contributed by atoms with Gasteiger partial charge in [0.1, 0.15) is 0 Å². The number of anilines is 1. The van der Waals surface area contributed by atoms with Crippen molar-refractivity contribution in [3.05, 3.63) is 38.7 Å². The van der Waals surface area contributed by atoms with E-state index in [0.717, 1.165) is 17.0 Å². The number of nitrogens with zero attached hydrogens (tertiary/aromatic N) is 4. The number of rotatable bonds is 4. The highest BCUT2D eigenvalue weighted by Crippen LogP contribution is 2.10. The SMILES string of the molecule is CN(C)c1cnn(Cc2csc(C(=O)NN)n2)c(=O)c1. The standard InChI is InChI=1S/C11H14N6O2S/c1-16(2)8-3-9(18)17(13-4-8)5-7-6-20-11(14-7)10(19)15-12/h3-4,6H,5,12H2,1-2H3,(H,15,19). The van der Waals surface area contributed by atoms with Crippen LogP contribution in [-0.4, -0.2) is 34.8 Å². The maximum Gasteiger partial charge on any atom is 0.294 e. The fourth-order valence-electron chi connectivity index (χ4n) is 1.49. The lowest BCUT2D eigenvalue weighted by Gasteiger charge is -2.11. The molecule has 0 aliphatic heterocycles. The molecule has 1 amide bonds. The second-order valence-electron chi connectivity index (χ2n) is 4.22. The third kappa shape index (κ3) is 3.00. The molecule has 0 atom stereocenters. The molecule has 0 unspecified atom stereocenters. The van der Waals surface area contributed by atoms with Gasteiger partial charge in [-0.05, 0) is 0 Å². The van der Waals surface area contributed by atoms with Crippen LogP contribution in [0, 0.1) is 0 Å². The van der Waals surface area contributed by atoms with Gasteiger partial charge < -0.3 is 4.90 Å². The average molecular weight is 294 g/mol. The van der Waals surface area contributed by atoms with E-state index in [2.05, 4.69) is 10.1 Å². The summed E-state index contributed by atoms with van der Waals surface area (Å²) in [5.74, 6) is 4.58. The van der Waals surface area contributed by atoms with Crippen LogP contribution < -0.4 is 21.7 Å². The quantitative estimate of drug-likeness (QED) is 0.444. The van der Waals surface area contributed by atoms with Gasteiger partial charge in [-0.1, -0.05) is 0 Å². The van der Waals surface area contributed by atoms with Gasteiger partial charge in [-0.3, -0.25) is 15.0 Å². The number of hydrogen-bond acceptors (Lipinski definition) is 7. The summed E-state index contributed by atoms with van der Waals surface area (Å²) >= 11 is 1.16. The predicted molar refractivity (Wildman–Crippen MR) is 75.7 cm³/mol. The highest BCUT2D eigenvalue weighted by atomic mass is 32.1. The molecular weight excluding hydrogens is 280 g/mol. The second-order valence-corrected chi connectivity index (χ2v) is 5.08. The molecule has 8 nitrogen and oxygen atoms in total. The van der Waals surface area contributed by atoms with Crippen molar-refractivity contribution in [2.75, 3.05) is 19.0 Å². The molecule has 0 saturated heterocycles. The Labute approximate surface area is 118 Å². The first-order valence-electron chi connectivity index (χ1n) is 5.71. The first kappa shape index (κ1) is 14.2. The Hall–Kier alpha value is -2.26. The molecule has 2 aromatic rings. The molecule has 0 saturated carbocycles. The summed E-state index contributed by atoms with van der Waals surface area (Å²) in [7, 11) is 3.66. The minimum atomic E-state index is -0.454. The number of nitrogen functional groups attached to an aromatic ring is 1. The minimum absolute atomic E-state index is 0.209. The van der Waals surface area contributed by atoms with Crippen LogP contribution in [0.1, 0.15) is 15.5 Å². The molecule has 0 radical (unpaired) electrons. The van der Waals surface area contributed by atoms with Gasteiger partial charge in [0.05, 0.1) is 24.1 Å². The molecule has 9 heteroatoms. The first-order valence-corrected chi connectivity index (χ1v) is 6.59. The summed E-state index contributed by atoms with van der Waals surface area (Å²) in [6.45, 7) is 0.209. The Bertz CT molecular complexity index is 678. The third-order valence-electron chi connectivity index (χ3n) is 2.56. The van der Waals surface area contributed by atoms with Crippen LogP contribution in [0.25, 0.3) is 0 Å². The van der Waals surface area contributed by atoms with E-state index < -0.39 is 5.91 Å². The highest BCUT2D eigenvalue weighted by molar-refractivity contribution is 7.11. The number of hydrazine groups is 1. The number of thiazole rings is 1. The van der Waals surface area contributed by atoms with E-state index in [-0.39, 0.29) is 17.1 Å². The number of nitrogens with one attached hydrogen (secondary N) is 1. The number of amides is 1. The summed E-state index contributed by atoms with van der Waals surface area (Å²) in [5.41, 5.74) is 3.09. The van der Waals surface area contributed by atoms with Gasteiger partial charge in [-0.2, -0.15) is 5.10 Å². The zero-order valence-corrected chi connectivity index (χ0v) is 11.8. The van der Waals surface area contributed by atoms with Crippen molar-refractivity contribution in [3.63, 3.8) is 0 Å². The van der Waals surface area contributed by atoms with Gasteiger partial charge in [0.25, 0.3) is 11.5 Å². The number of aromatic nitrogens is 3. The van der Waals surface area contributed by atoms with Gasteiger partial charge in [0.15, 0.2) is 5.01 Å². The van der Waals surface area contributed by atoms with Gasteiger partial charge in [-0.25, -0.2) is 15.5 Å². The fraction of sp³-hybridized carbons (Fsp3) is 0.273. The number of carbonyl (C=O) groups is 1. The molecule has 0 aromatic carbocycles. The predicted octanol–water partition coefficient (Wildman–Crippen LogP) is -0.582. The molecule has 0 aliphatic rings. The zero-order valence-electron chi connectivity index (χ0n) is 11.0. The molecule has 0 spiro atoms. The molecule has 0 aliphatic carbocycles. The lowest BCUT2D eigenvalue weighted by atomic mass is 10.4. The molecular formula is C11H14N6O2S. The molecule has 2 rings (SSSR count). The molecule has 2 aromatic heterocycles. The van der Waals surface area contributed by atoms with Crippen molar-refractivity contribution in [2.45, 2.75) is 6.54 Å². The van der Waals surface area contributed by atoms with Gasteiger partial charge in [-0.15, -0.1) is 11.3 Å². The maximum absolute atomic E-state index is 11.9. The van der Waals surface area contributed by atoms with Crippen LogP contribution in [0.3, 0.4) is 0 Å². The summed E-state index contributed by atoms with van der Waals surface area (Å²) in [6, 6.07) is 1.49. The van der Waals surface area contributed by atoms with E-state index in [1.807, 2.05) is 19.5 Å². The lowest BCUT2D eigenvalue weighted by molar-refractivity contribution is 0.0953. The van der Waals surface area contributed by atoms with Crippen molar-refractivity contribution < 1.29 is 4.79 Å². The smallest absolute Gasteiger partial charge is 0.294 e. The summed E-state index contributed by atoms with van der Waals surface area (Å²) in [5, 5.41) is 6.01. The van der Waals surface area contributed by atoms with Crippen LogP contribution in [-0.2, 0) is 6.54 Å². The topological polar surface area (TPSA) is 106 Å². The molecule has 0 fully saturated rings. The van der Waals surface area contributed by atoms with Crippen molar-refractivity contribution in [2.24, 2.45) is 5.84 Å². The largest absolute Gasteiger partial charge is 0.376 e. The van der Waals surface area contributed by atoms with E-state index in [9.17, 15) is 9.59 Å². The van der Waals surface area contributed by atoms with E-state index in [0.29, 0.717) is 5.69 Å². The fourth-order valence-corrected chi connectivity index (χ4v) is 2.20. The lowest BCUT2D eigenvalue weighted by Crippen LogP contribution is -2.30. The van der Waals surface area contributed by atoms with Crippen LogP contribution in [0.15, 0.2) is 22.4 Å². The van der Waals surface area contributed by atoms with Crippen molar-refractivity contribution in [1.29, 1.82) is 0 Å². The van der Waals surface area contributed by atoms with Gasteiger partial charge in [0.2, 0.25) is 0 Å². The van der Waals surface area contributed by atoms with E-state index in [1.165, 1.54) is 10.7 Å². The Morgan fingerprint density at radius 2 is 2.30 bits per heavy atom. The molecule has 106 valence electrons. The molecule has 20 heavy (non-hydrogen) atoms. The van der Waals surface area contributed by atoms with E-state index >= 15 is 0 Å². The Balaban J connectivity index is 2.20. The normalized spacial score (nSPS) is 10.3. The van der Waals surface area contributed by atoms with Crippen LogP contribution >= 0.6 is 11.3 Å². The number of carbonyl (C=O) groups excluding carboxylic acids is 1. The highest BCUT2D eigenvalue weighted by Gasteiger charge is 2.10. The first-order chi connectivity index (χ1) is 9.51. The van der Waals surface area contributed by atoms with Crippen molar-refractivity contribution >= 4 is 22.9 Å². The van der Waals surface area contributed by atoms with Crippen LogP contribution in [0.5, 0.6) is 0 Å². The Kier molecular flexibility index (Phi) is 4.11. The van der Waals surface area contributed by atoms with Crippen molar-refractivity contribution in [3.8, 4) is 0 Å². The summed E-state index contributed by atoms with van der Waals surface area (Å²) in [6.07, 6.45) is 1.60. The summed E-state index contributed by atoms with van der Waals surface area (Å²) < 4.78 is 1.28. The monoisotopic (exact) mass is 294 g/mol. The Morgan fingerprint density at radius 1 is 1.55 bits per heavy atom. The maximum atomic E-state index is 11.9.